The fourth-order valence-electron chi connectivity index (χ4n) is 2.10. The van der Waals surface area contributed by atoms with Gasteiger partial charge in [0.15, 0.2) is 0 Å². The van der Waals surface area contributed by atoms with Gasteiger partial charge in [-0.1, -0.05) is 12.1 Å². The molecule has 1 aromatic carbocycles. The van der Waals surface area contributed by atoms with Gasteiger partial charge in [-0.25, -0.2) is 0 Å². The summed E-state index contributed by atoms with van der Waals surface area (Å²) in [5.74, 6) is 1.36. The first-order valence-electron chi connectivity index (χ1n) is 7.37. The lowest BCUT2D eigenvalue weighted by molar-refractivity contribution is -0.120. The molecule has 3 aromatic rings. The van der Waals surface area contributed by atoms with Crippen molar-refractivity contribution in [1.29, 1.82) is 0 Å². The van der Waals surface area contributed by atoms with Gasteiger partial charge in [0.1, 0.15) is 5.75 Å². The maximum Gasteiger partial charge on any atom is 0.249 e. The van der Waals surface area contributed by atoms with E-state index in [0.717, 1.165) is 16.9 Å². The number of nitrogens with zero attached hydrogens (tertiary/aromatic N) is 3. The number of hydrogen-bond acceptors (Lipinski definition) is 6. The summed E-state index contributed by atoms with van der Waals surface area (Å²) in [6, 6.07) is 11.0. The number of pyridine rings is 1. The highest BCUT2D eigenvalue weighted by atomic mass is 16.5. The van der Waals surface area contributed by atoms with Crippen LogP contribution in [-0.2, 0) is 17.8 Å². The van der Waals surface area contributed by atoms with E-state index in [4.69, 9.17) is 9.15 Å². The second-order valence-corrected chi connectivity index (χ2v) is 5.04. The SMILES string of the molecule is COc1ccc(CC(=O)NCc2nnc(-c3cccnc3)o2)cc1. The van der Waals surface area contributed by atoms with E-state index in [2.05, 4.69) is 20.5 Å². The summed E-state index contributed by atoms with van der Waals surface area (Å²) in [6.07, 6.45) is 3.58. The predicted octanol–water partition coefficient (Wildman–Crippen LogP) is 2.00. The number of carbonyl (C=O) groups excluding carboxylic acids is 1. The van der Waals surface area contributed by atoms with Gasteiger partial charge in [-0.05, 0) is 29.8 Å². The van der Waals surface area contributed by atoms with Crippen LogP contribution in [0.1, 0.15) is 11.5 Å². The summed E-state index contributed by atoms with van der Waals surface area (Å²) in [5.41, 5.74) is 1.63. The van der Waals surface area contributed by atoms with Crippen molar-refractivity contribution in [2.75, 3.05) is 7.11 Å². The molecule has 1 N–H and O–H groups in total. The molecule has 7 heteroatoms. The van der Waals surface area contributed by atoms with Crippen molar-refractivity contribution < 1.29 is 13.9 Å². The van der Waals surface area contributed by atoms with Crippen LogP contribution in [0.4, 0.5) is 0 Å². The normalized spacial score (nSPS) is 10.4. The highest BCUT2D eigenvalue weighted by molar-refractivity contribution is 5.78. The molecule has 122 valence electrons. The molecule has 1 amide bonds. The number of ether oxygens (including phenoxy) is 1. The highest BCUT2D eigenvalue weighted by Gasteiger charge is 2.10. The first-order valence-corrected chi connectivity index (χ1v) is 7.37. The van der Waals surface area contributed by atoms with E-state index in [1.807, 2.05) is 30.3 Å². The number of carbonyl (C=O) groups is 1. The Morgan fingerprint density at radius 2 is 2.04 bits per heavy atom. The minimum atomic E-state index is -0.124. The van der Waals surface area contributed by atoms with Crippen LogP contribution in [0.5, 0.6) is 5.75 Å². The Labute approximate surface area is 138 Å². The van der Waals surface area contributed by atoms with E-state index in [0.29, 0.717) is 11.8 Å². The van der Waals surface area contributed by atoms with E-state index in [1.54, 1.807) is 25.6 Å². The molecule has 0 aliphatic heterocycles. The fraction of sp³-hybridized carbons (Fsp3) is 0.176. The lowest BCUT2D eigenvalue weighted by atomic mass is 10.1. The second-order valence-electron chi connectivity index (χ2n) is 5.04. The Morgan fingerprint density at radius 1 is 1.21 bits per heavy atom. The molecule has 0 atom stereocenters. The molecule has 0 spiro atoms. The van der Waals surface area contributed by atoms with Crippen molar-refractivity contribution in [3.8, 4) is 17.2 Å². The molecule has 0 saturated heterocycles. The largest absolute Gasteiger partial charge is 0.497 e. The van der Waals surface area contributed by atoms with Crippen LogP contribution in [0.25, 0.3) is 11.5 Å². The van der Waals surface area contributed by atoms with Gasteiger partial charge in [-0.2, -0.15) is 0 Å². The van der Waals surface area contributed by atoms with Crippen LogP contribution < -0.4 is 10.1 Å². The van der Waals surface area contributed by atoms with Crippen molar-refractivity contribution in [3.05, 3.63) is 60.2 Å². The maximum atomic E-state index is 12.0. The molecule has 2 aromatic heterocycles. The van der Waals surface area contributed by atoms with Gasteiger partial charge >= 0.3 is 0 Å². The molecular weight excluding hydrogens is 308 g/mol. The van der Waals surface area contributed by atoms with Crippen molar-refractivity contribution in [3.63, 3.8) is 0 Å². The Bertz CT molecular complexity index is 800. The van der Waals surface area contributed by atoms with Crippen molar-refractivity contribution >= 4 is 5.91 Å². The van der Waals surface area contributed by atoms with Crippen molar-refractivity contribution in [1.82, 2.24) is 20.5 Å². The molecule has 7 nitrogen and oxygen atoms in total. The Balaban J connectivity index is 1.53. The van der Waals surface area contributed by atoms with E-state index in [-0.39, 0.29) is 18.9 Å². The molecule has 0 radical (unpaired) electrons. The van der Waals surface area contributed by atoms with E-state index >= 15 is 0 Å². The third-order valence-electron chi connectivity index (χ3n) is 3.34. The van der Waals surface area contributed by atoms with Crippen LogP contribution >= 0.6 is 0 Å². The van der Waals surface area contributed by atoms with Gasteiger partial charge in [0.2, 0.25) is 17.7 Å². The van der Waals surface area contributed by atoms with Crippen LogP contribution in [0.15, 0.2) is 53.2 Å². The van der Waals surface area contributed by atoms with Gasteiger partial charge in [-0.3, -0.25) is 9.78 Å². The second kappa shape index (κ2) is 7.36. The summed E-state index contributed by atoms with van der Waals surface area (Å²) in [4.78, 5) is 16.0. The zero-order valence-corrected chi connectivity index (χ0v) is 13.1. The number of amides is 1. The first kappa shape index (κ1) is 15.7. The minimum absolute atomic E-state index is 0.124. The molecule has 3 rings (SSSR count). The van der Waals surface area contributed by atoms with E-state index in [9.17, 15) is 4.79 Å². The van der Waals surface area contributed by atoms with Crippen LogP contribution in [-0.4, -0.2) is 28.2 Å². The topological polar surface area (TPSA) is 90.1 Å². The summed E-state index contributed by atoms with van der Waals surface area (Å²) in [7, 11) is 1.60. The summed E-state index contributed by atoms with van der Waals surface area (Å²) in [6.45, 7) is 0.183. The molecule has 24 heavy (non-hydrogen) atoms. The fourth-order valence-corrected chi connectivity index (χ4v) is 2.10. The van der Waals surface area contributed by atoms with Gasteiger partial charge in [-0.15, -0.1) is 10.2 Å². The van der Waals surface area contributed by atoms with Gasteiger partial charge in [0, 0.05) is 12.4 Å². The summed E-state index contributed by atoms with van der Waals surface area (Å²) < 4.78 is 10.6. The van der Waals surface area contributed by atoms with Crippen LogP contribution in [0, 0.1) is 0 Å². The third kappa shape index (κ3) is 3.95. The summed E-state index contributed by atoms with van der Waals surface area (Å²) >= 11 is 0. The molecule has 0 saturated carbocycles. The van der Waals surface area contributed by atoms with Gasteiger partial charge < -0.3 is 14.5 Å². The quantitative estimate of drug-likeness (QED) is 0.746. The summed E-state index contributed by atoms with van der Waals surface area (Å²) in [5, 5.41) is 10.6. The van der Waals surface area contributed by atoms with Crippen molar-refractivity contribution in [2.45, 2.75) is 13.0 Å². The molecule has 0 aliphatic carbocycles. The molecule has 0 bridgehead atoms. The predicted molar refractivity (Wildman–Crippen MR) is 86.1 cm³/mol. The Morgan fingerprint density at radius 3 is 2.75 bits per heavy atom. The van der Waals surface area contributed by atoms with Crippen molar-refractivity contribution in [2.24, 2.45) is 0 Å². The average Bonchev–Trinajstić information content (AvgIpc) is 3.10. The number of benzene rings is 1. The van der Waals surface area contributed by atoms with Crippen LogP contribution in [0.2, 0.25) is 0 Å². The minimum Gasteiger partial charge on any atom is -0.497 e. The Kier molecular flexibility index (Phi) is 4.81. The van der Waals surface area contributed by atoms with Gasteiger partial charge in [0.05, 0.1) is 25.6 Å². The maximum absolute atomic E-state index is 12.0. The number of hydrogen-bond donors (Lipinski definition) is 1. The molecule has 0 fully saturated rings. The monoisotopic (exact) mass is 324 g/mol. The number of rotatable bonds is 6. The number of aromatic nitrogens is 3. The van der Waals surface area contributed by atoms with E-state index < -0.39 is 0 Å². The van der Waals surface area contributed by atoms with E-state index in [1.165, 1.54) is 0 Å². The standard InChI is InChI=1S/C17H16N4O3/c1-23-14-6-4-12(5-7-14)9-15(22)19-11-16-20-21-17(24-16)13-3-2-8-18-10-13/h2-8,10H,9,11H2,1H3,(H,19,22). The molecule has 0 unspecified atom stereocenters. The zero-order valence-electron chi connectivity index (χ0n) is 13.1. The van der Waals surface area contributed by atoms with Crippen LogP contribution in [0.3, 0.4) is 0 Å². The third-order valence-corrected chi connectivity index (χ3v) is 3.34. The number of methoxy groups -OCH3 is 1. The highest BCUT2D eigenvalue weighted by Crippen LogP contribution is 2.16. The molecule has 0 aliphatic rings. The lowest BCUT2D eigenvalue weighted by Crippen LogP contribution is -2.24. The smallest absolute Gasteiger partial charge is 0.249 e. The first-order chi connectivity index (χ1) is 11.7. The average molecular weight is 324 g/mol. The Hall–Kier alpha value is -3.22. The van der Waals surface area contributed by atoms with Gasteiger partial charge in [0.25, 0.3) is 0 Å². The molecular formula is C17H16N4O3. The molecule has 2 heterocycles. The number of nitrogens with one attached hydrogen (secondary N) is 1. The lowest BCUT2D eigenvalue weighted by Gasteiger charge is -2.04. The zero-order chi connectivity index (χ0) is 16.8.